The summed E-state index contributed by atoms with van der Waals surface area (Å²) in [5.41, 5.74) is 0. The Morgan fingerprint density at radius 2 is 1.86 bits per heavy atom. The number of hydrogen-bond donors (Lipinski definition) is 1. The van der Waals surface area contributed by atoms with Crippen molar-refractivity contribution in [3.63, 3.8) is 0 Å². The lowest BCUT2D eigenvalue weighted by molar-refractivity contribution is 0.190. The Balaban J connectivity index is 3.96. The van der Waals surface area contributed by atoms with Crippen LogP contribution in [-0.4, -0.2) is 37.6 Å². The van der Waals surface area contributed by atoms with Crippen molar-refractivity contribution in [3.8, 4) is 0 Å². The van der Waals surface area contributed by atoms with Gasteiger partial charge in [0.25, 0.3) is 0 Å². The summed E-state index contributed by atoms with van der Waals surface area (Å²) in [6.07, 6.45) is 5.24. The van der Waals surface area contributed by atoms with Crippen molar-refractivity contribution >= 4 is 0 Å². The lowest BCUT2D eigenvalue weighted by Crippen LogP contribution is -2.41. The maximum Gasteiger partial charge on any atom is 0.0220 e. The van der Waals surface area contributed by atoms with Crippen LogP contribution in [0, 0.1) is 0 Å². The molecule has 0 aromatic carbocycles. The van der Waals surface area contributed by atoms with E-state index in [9.17, 15) is 0 Å². The molecule has 0 rings (SSSR count). The first-order valence-corrected chi connectivity index (χ1v) is 6.18. The summed E-state index contributed by atoms with van der Waals surface area (Å²) in [7, 11) is 2.05. The third-order valence-electron chi connectivity index (χ3n) is 2.78. The third-order valence-corrected chi connectivity index (χ3v) is 2.78. The van der Waals surface area contributed by atoms with E-state index >= 15 is 0 Å². The van der Waals surface area contributed by atoms with E-state index in [4.69, 9.17) is 0 Å². The SMILES string of the molecule is CCCCN(CC)C(CCC)CNC. The van der Waals surface area contributed by atoms with Gasteiger partial charge in [0.05, 0.1) is 0 Å². The molecule has 0 bridgehead atoms. The number of nitrogens with one attached hydrogen (secondary N) is 1. The summed E-state index contributed by atoms with van der Waals surface area (Å²) < 4.78 is 0. The topological polar surface area (TPSA) is 15.3 Å². The molecule has 0 aliphatic heterocycles. The van der Waals surface area contributed by atoms with Crippen LogP contribution in [0.15, 0.2) is 0 Å². The van der Waals surface area contributed by atoms with Crippen molar-refractivity contribution in [2.24, 2.45) is 0 Å². The van der Waals surface area contributed by atoms with Gasteiger partial charge in [0.15, 0.2) is 0 Å². The van der Waals surface area contributed by atoms with Crippen molar-refractivity contribution in [1.82, 2.24) is 10.2 Å². The highest BCUT2D eigenvalue weighted by atomic mass is 15.2. The molecule has 0 aromatic rings. The Bertz CT molecular complexity index is 109. The number of hydrogen-bond acceptors (Lipinski definition) is 2. The van der Waals surface area contributed by atoms with Gasteiger partial charge in [0.2, 0.25) is 0 Å². The predicted molar refractivity (Wildman–Crippen MR) is 64.8 cm³/mol. The molecular weight excluding hydrogens is 172 g/mol. The molecule has 14 heavy (non-hydrogen) atoms. The molecule has 1 atom stereocenters. The van der Waals surface area contributed by atoms with Crippen LogP contribution in [0.1, 0.15) is 46.5 Å². The molecule has 86 valence electrons. The molecule has 1 N–H and O–H groups in total. The molecule has 0 spiro atoms. The molecule has 1 unspecified atom stereocenters. The first-order chi connectivity index (χ1) is 6.79. The zero-order chi connectivity index (χ0) is 10.8. The van der Waals surface area contributed by atoms with Crippen LogP contribution in [-0.2, 0) is 0 Å². The smallest absolute Gasteiger partial charge is 0.0220 e. The maximum atomic E-state index is 3.30. The van der Waals surface area contributed by atoms with E-state index < -0.39 is 0 Å². The monoisotopic (exact) mass is 200 g/mol. The van der Waals surface area contributed by atoms with Crippen molar-refractivity contribution in [1.29, 1.82) is 0 Å². The fourth-order valence-electron chi connectivity index (χ4n) is 1.94. The van der Waals surface area contributed by atoms with Gasteiger partial charge in [-0.3, -0.25) is 4.90 Å². The second-order valence-corrected chi connectivity index (χ2v) is 3.98. The van der Waals surface area contributed by atoms with E-state index in [0.29, 0.717) is 0 Å². The Morgan fingerprint density at radius 3 is 2.29 bits per heavy atom. The van der Waals surface area contributed by atoms with Gasteiger partial charge in [0, 0.05) is 12.6 Å². The van der Waals surface area contributed by atoms with Crippen molar-refractivity contribution < 1.29 is 0 Å². The first kappa shape index (κ1) is 13.9. The average molecular weight is 200 g/mol. The van der Waals surface area contributed by atoms with Crippen molar-refractivity contribution in [2.75, 3.05) is 26.7 Å². The quantitative estimate of drug-likeness (QED) is 0.615. The second kappa shape index (κ2) is 9.47. The Labute approximate surface area is 90.1 Å². The molecule has 0 radical (unpaired) electrons. The van der Waals surface area contributed by atoms with Gasteiger partial charge in [-0.25, -0.2) is 0 Å². The van der Waals surface area contributed by atoms with Gasteiger partial charge >= 0.3 is 0 Å². The summed E-state index contributed by atoms with van der Waals surface area (Å²) in [5.74, 6) is 0. The summed E-state index contributed by atoms with van der Waals surface area (Å²) in [6, 6.07) is 0.738. The molecule has 0 saturated carbocycles. The lowest BCUT2D eigenvalue weighted by Gasteiger charge is -2.30. The third kappa shape index (κ3) is 5.61. The second-order valence-electron chi connectivity index (χ2n) is 3.98. The maximum absolute atomic E-state index is 3.30. The van der Waals surface area contributed by atoms with Gasteiger partial charge in [-0.2, -0.15) is 0 Å². The molecule has 2 nitrogen and oxygen atoms in total. The summed E-state index contributed by atoms with van der Waals surface area (Å²) in [5, 5.41) is 3.30. The lowest BCUT2D eigenvalue weighted by atomic mass is 10.1. The van der Waals surface area contributed by atoms with Crippen LogP contribution < -0.4 is 5.32 Å². The summed E-state index contributed by atoms with van der Waals surface area (Å²) in [4.78, 5) is 2.61. The number of nitrogens with zero attached hydrogens (tertiary/aromatic N) is 1. The Kier molecular flexibility index (Phi) is 9.42. The average Bonchev–Trinajstić information content (AvgIpc) is 2.19. The minimum atomic E-state index is 0.738. The van der Waals surface area contributed by atoms with Crippen LogP contribution in [0.5, 0.6) is 0 Å². The Morgan fingerprint density at radius 1 is 1.14 bits per heavy atom. The molecule has 0 amide bonds. The molecule has 0 aliphatic rings. The van der Waals surface area contributed by atoms with Crippen LogP contribution >= 0.6 is 0 Å². The summed E-state index contributed by atoms with van der Waals surface area (Å²) >= 11 is 0. The van der Waals surface area contributed by atoms with Crippen LogP contribution in [0.3, 0.4) is 0 Å². The zero-order valence-electron chi connectivity index (χ0n) is 10.5. The van der Waals surface area contributed by atoms with E-state index in [1.165, 1.54) is 38.8 Å². The van der Waals surface area contributed by atoms with E-state index in [2.05, 4.69) is 38.0 Å². The van der Waals surface area contributed by atoms with Gasteiger partial charge in [-0.15, -0.1) is 0 Å². The number of rotatable bonds is 9. The standard InChI is InChI=1S/C12H28N2/c1-5-8-10-14(7-3)12(9-6-2)11-13-4/h12-13H,5-11H2,1-4H3. The van der Waals surface area contributed by atoms with Gasteiger partial charge in [-0.05, 0) is 33.0 Å². The molecule has 2 heteroatoms. The molecule has 0 heterocycles. The molecule has 0 aromatic heterocycles. The number of unbranched alkanes of at least 4 members (excludes halogenated alkanes) is 1. The number of likely N-dealkylation sites (N-methyl/N-ethyl adjacent to an activating group) is 2. The van der Waals surface area contributed by atoms with E-state index in [-0.39, 0.29) is 0 Å². The Hall–Kier alpha value is -0.0800. The predicted octanol–water partition coefficient (Wildman–Crippen LogP) is 2.50. The van der Waals surface area contributed by atoms with Gasteiger partial charge < -0.3 is 5.32 Å². The van der Waals surface area contributed by atoms with Gasteiger partial charge in [0.1, 0.15) is 0 Å². The van der Waals surface area contributed by atoms with Crippen LogP contribution in [0.4, 0.5) is 0 Å². The normalized spacial score (nSPS) is 13.5. The minimum Gasteiger partial charge on any atom is -0.318 e. The molecule has 0 fully saturated rings. The molecular formula is C12H28N2. The van der Waals surface area contributed by atoms with E-state index in [1.807, 2.05) is 0 Å². The largest absolute Gasteiger partial charge is 0.318 e. The van der Waals surface area contributed by atoms with Crippen LogP contribution in [0.2, 0.25) is 0 Å². The highest BCUT2D eigenvalue weighted by Gasteiger charge is 2.14. The van der Waals surface area contributed by atoms with Crippen molar-refractivity contribution in [2.45, 2.75) is 52.5 Å². The van der Waals surface area contributed by atoms with E-state index in [1.54, 1.807) is 0 Å². The van der Waals surface area contributed by atoms with E-state index in [0.717, 1.165) is 12.6 Å². The van der Waals surface area contributed by atoms with Crippen LogP contribution in [0.25, 0.3) is 0 Å². The fraction of sp³-hybridized carbons (Fsp3) is 1.00. The minimum absolute atomic E-state index is 0.738. The van der Waals surface area contributed by atoms with Crippen molar-refractivity contribution in [3.05, 3.63) is 0 Å². The zero-order valence-corrected chi connectivity index (χ0v) is 10.5. The van der Waals surface area contributed by atoms with Gasteiger partial charge in [-0.1, -0.05) is 33.6 Å². The molecule has 0 aliphatic carbocycles. The summed E-state index contributed by atoms with van der Waals surface area (Å²) in [6.45, 7) is 10.4. The molecule has 0 saturated heterocycles. The highest BCUT2D eigenvalue weighted by Crippen LogP contribution is 2.07. The fourth-order valence-corrected chi connectivity index (χ4v) is 1.94. The first-order valence-electron chi connectivity index (χ1n) is 6.18. The highest BCUT2D eigenvalue weighted by molar-refractivity contribution is 4.72.